The molecule has 156 valence electrons. The summed E-state index contributed by atoms with van der Waals surface area (Å²) >= 11 is 0. The maximum atomic E-state index is 13.1. The molecule has 2 unspecified atom stereocenters. The van der Waals surface area contributed by atoms with Crippen molar-refractivity contribution < 1.29 is 14.4 Å². The zero-order valence-electron chi connectivity index (χ0n) is 17.4. The maximum absolute atomic E-state index is 13.1. The molecule has 5 nitrogen and oxygen atoms in total. The van der Waals surface area contributed by atoms with Crippen molar-refractivity contribution in [2.75, 3.05) is 13.6 Å². The second-order valence-electron chi connectivity index (χ2n) is 8.30. The minimum atomic E-state index is -0.215. The van der Waals surface area contributed by atoms with Gasteiger partial charge < -0.3 is 4.90 Å². The van der Waals surface area contributed by atoms with Gasteiger partial charge in [0, 0.05) is 20.0 Å². The molecule has 0 N–H and O–H groups in total. The Balaban J connectivity index is 1.48. The van der Waals surface area contributed by atoms with Gasteiger partial charge in [0.05, 0.1) is 17.9 Å². The van der Waals surface area contributed by atoms with Crippen LogP contribution in [0.5, 0.6) is 0 Å². The predicted molar refractivity (Wildman–Crippen MR) is 114 cm³/mol. The molecular formula is C25H28N2O3. The van der Waals surface area contributed by atoms with Crippen LogP contribution in [0.1, 0.15) is 49.3 Å². The Labute approximate surface area is 177 Å². The molecule has 1 aliphatic carbocycles. The quantitative estimate of drug-likeness (QED) is 0.688. The first-order chi connectivity index (χ1) is 14.6. The fourth-order valence-electron chi connectivity index (χ4n) is 4.89. The third kappa shape index (κ3) is 3.89. The standard InChI is InChI=1S/C25H28N2O3/c1-26(23(18-10-4-2-5-11-18)19-12-6-3-7-13-19)22(28)16-17-27-24(29)20-14-8-9-15-21(20)25(27)30/h2-7,10-13,20-21,23H,8-9,14-17H2,1H3. The van der Waals surface area contributed by atoms with Crippen molar-refractivity contribution in [3.63, 3.8) is 0 Å². The molecule has 2 aromatic carbocycles. The Kier molecular flexibility index (Phi) is 5.98. The first kappa shape index (κ1) is 20.3. The Morgan fingerprint density at radius 2 is 1.37 bits per heavy atom. The number of hydrogen-bond donors (Lipinski definition) is 0. The third-order valence-electron chi connectivity index (χ3n) is 6.49. The van der Waals surface area contributed by atoms with E-state index in [0.29, 0.717) is 0 Å². The summed E-state index contributed by atoms with van der Waals surface area (Å²) in [7, 11) is 1.79. The Hall–Kier alpha value is -2.95. The van der Waals surface area contributed by atoms with Crippen molar-refractivity contribution in [2.24, 2.45) is 11.8 Å². The predicted octanol–water partition coefficient (Wildman–Crippen LogP) is 3.80. The molecule has 2 aromatic rings. The average Bonchev–Trinajstić information content (AvgIpc) is 3.03. The summed E-state index contributed by atoms with van der Waals surface area (Å²) in [4.78, 5) is 41.5. The number of fused-ring (bicyclic) bond motifs is 1. The molecule has 0 spiro atoms. The van der Waals surface area contributed by atoms with Crippen LogP contribution in [0.25, 0.3) is 0 Å². The number of amides is 3. The van der Waals surface area contributed by atoms with E-state index in [4.69, 9.17) is 0 Å². The van der Waals surface area contributed by atoms with Gasteiger partial charge in [-0.1, -0.05) is 73.5 Å². The van der Waals surface area contributed by atoms with Gasteiger partial charge in [0.15, 0.2) is 0 Å². The van der Waals surface area contributed by atoms with Crippen LogP contribution in [0.2, 0.25) is 0 Å². The van der Waals surface area contributed by atoms with Crippen molar-refractivity contribution in [1.82, 2.24) is 9.80 Å². The minimum absolute atomic E-state index is 0.0804. The van der Waals surface area contributed by atoms with Crippen molar-refractivity contribution in [3.8, 4) is 0 Å². The number of nitrogens with zero attached hydrogens (tertiary/aromatic N) is 2. The molecule has 2 fully saturated rings. The van der Waals surface area contributed by atoms with Gasteiger partial charge in [-0.2, -0.15) is 0 Å². The lowest BCUT2D eigenvalue weighted by atomic mass is 9.81. The summed E-state index contributed by atoms with van der Waals surface area (Å²) in [5.74, 6) is -0.574. The Morgan fingerprint density at radius 3 is 1.83 bits per heavy atom. The van der Waals surface area contributed by atoms with Crippen LogP contribution in [0.4, 0.5) is 0 Å². The number of rotatable bonds is 6. The number of imide groups is 1. The number of carbonyl (C=O) groups is 3. The molecule has 1 aliphatic heterocycles. The highest BCUT2D eigenvalue weighted by atomic mass is 16.2. The van der Waals surface area contributed by atoms with Gasteiger partial charge in [0.25, 0.3) is 0 Å². The van der Waals surface area contributed by atoms with Crippen LogP contribution in [-0.2, 0) is 14.4 Å². The van der Waals surface area contributed by atoms with E-state index < -0.39 is 0 Å². The summed E-state index contributed by atoms with van der Waals surface area (Å²) in [5.41, 5.74) is 2.05. The van der Waals surface area contributed by atoms with Crippen LogP contribution in [-0.4, -0.2) is 41.1 Å². The van der Waals surface area contributed by atoms with Gasteiger partial charge in [0.2, 0.25) is 17.7 Å². The van der Waals surface area contributed by atoms with E-state index >= 15 is 0 Å². The lowest BCUT2D eigenvalue weighted by Crippen LogP contribution is -2.37. The first-order valence-electron chi connectivity index (χ1n) is 10.8. The zero-order chi connectivity index (χ0) is 21.1. The highest BCUT2D eigenvalue weighted by Crippen LogP contribution is 2.38. The number of hydrogen-bond acceptors (Lipinski definition) is 3. The number of carbonyl (C=O) groups excluding carboxylic acids is 3. The highest BCUT2D eigenvalue weighted by molar-refractivity contribution is 6.05. The zero-order valence-corrected chi connectivity index (χ0v) is 17.4. The lowest BCUT2D eigenvalue weighted by Gasteiger charge is -2.30. The molecule has 1 saturated heterocycles. The molecule has 0 bridgehead atoms. The third-order valence-corrected chi connectivity index (χ3v) is 6.49. The van der Waals surface area contributed by atoms with Crippen molar-refractivity contribution >= 4 is 17.7 Å². The lowest BCUT2D eigenvalue weighted by molar-refractivity contribution is -0.140. The highest BCUT2D eigenvalue weighted by Gasteiger charge is 2.47. The molecule has 30 heavy (non-hydrogen) atoms. The SMILES string of the molecule is CN(C(=O)CCN1C(=O)C2CCCCC2C1=O)C(c1ccccc1)c1ccccc1. The van der Waals surface area contributed by atoms with Crippen LogP contribution in [0.3, 0.4) is 0 Å². The number of likely N-dealkylation sites (tertiary alicyclic amines) is 1. The normalized spacial score (nSPS) is 21.1. The fraction of sp³-hybridized carbons (Fsp3) is 0.400. The van der Waals surface area contributed by atoms with Crippen LogP contribution >= 0.6 is 0 Å². The minimum Gasteiger partial charge on any atom is -0.335 e. The van der Waals surface area contributed by atoms with Crippen LogP contribution in [0, 0.1) is 11.8 Å². The molecule has 2 atom stereocenters. The van der Waals surface area contributed by atoms with Gasteiger partial charge in [-0.25, -0.2) is 0 Å². The van der Waals surface area contributed by atoms with Crippen LogP contribution in [0.15, 0.2) is 60.7 Å². The van der Waals surface area contributed by atoms with Gasteiger partial charge in [0.1, 0.15) is 0 Å². The molecule has 1 heterocycles. The van der Waals surface area contributed by atoms with E-state index in [1.807, 2.05) is 60.7 Å². The molecule has 5 heteroatoms. The molecule has 0 aromatic heterocycles. The molecule has 1 saturated carbocycles. The smallest absolute Gasteiger partial charge is 0.233 e. The van der Waals surface area contributed by atoms with E-state index in [0.717, 1.165) is 36.8 Å². The molecule has 3 amide bonds. The van der Waals surface area contributed by atoms with Gasteiger partial charge in [-0.3, -0.25) is 19.3 Å². The van der Waals surface area contributed by atoms with Crippen LogP contribution < -0.4 is 0 Å². The summed E-state index contributed by atoms with van der Waals surface area (Å²) in [5, 5.41) is 0. The summed E-state index contributed by atoms with van der Waals surface area (Å²) < 4.78 is 0. The van der Waals surface area contributed by atoms with Crippen molar-refractivity contribution in [3.05, 3.63) is 71.8 Å². The Morgan fingerprint density at radius 1 is 0.900 bits per heavy atom. The molecule has 0 radical (unpaired) electrons. The van der Waals surface area contributed by atoms with Crippen molar-refractivity contribution in [1.29, 1.82) is 0 Å². The summed E-state index contributed by atoms with van der Waals surface area (Å²) in [6.45, 7) is 0.171. The Bertz CT molecular complexity index is 849. The van der Waals surface area contributed by atoms with E-state index in [1.165, 1.54) is 4.90 Å². The largest absolute Gasteiger partial charge is 0.335 e. The molecule has 2 aliphatic rings. The fourth-order valence-corrected chi connectivity index (χ4v) is 4.89. The average molecular weight is 405 g/mol. The summed E-state index contributed by atoms with van der Waals surface area (Å²) in [6, 6.07) is 19.6. The van der Waals surface area contributed by atoms with Gasteiger partial charge in [-0.05, 0) is 24.0 Å². The topological polar surface area (TPSA) is 57.7 Å². The van der Waals surface area contributed by atoms with Gasteiger partial charge in [-0.15, -0.1) is 0 Å². The summed E-state index contributed by atoms with van der Waals surface area (Å²) in [6.07, 6.45) is 3.74. The second-order valence-corrected chi connectivity index (χ2v) is 8.30. The monoisotopic (exact) mass is 404 g/mol. The van der Waals surface area contributed by atoms with E-state index in [2.05, 4.69) is 0 Å². The molecular weight excluding hydrogens is 376 g/mol. The molecule has 4 rings (SSSR count). The van der Waals surface area contributed by atoms with Gasteiger partial charge >= 0.3 is 0 Å². The van der Waals surface area contributed by atoms with E-state index in [1.54, 1.807) is 11.9 Å². The van der Waals surface area contributed by atoms with Crippen molar-refractivity contribution in [2.45, 2.75) is 38.1 Å². The first-order valence-corrected chi connectivity index (χ1v) is 10.8. The van der Waals surface area contributed by atoms with E-state index in [-0.39, 0.29) is 48.6 Å². The van der Waals surface area contributed by atoms with E-state index in [9.17, 15) is 14.4 Å². The maximum Gasteiger partial charge on any atom is 0.233 e. The number of benzene rings is 2. The second kappa shape index (κ2) is 8.82.